The Labute approximate surface area is 163 Å². The molecule has 0 aromatic heterocycles. The maximum Gasteiger partial charge on any atom is 0.190 e. The van der Waals surface area contributed by atoms with Gasteiger partial charge in [-0.15, -0.1) is 0 Å². The number of aliphatic hydroxyl groups excluding tert-OH is 2. The van der Waals surface area contributed by atoms with Crippen molar-refractivity contribution in [2.45, 2.75) is 44.8 Å². The molecule has 0 bridgehead atoms. The molecule has 146 valence electrons. The summed E-state index contributed by atoms with van der Waals surface area (Å²) in [5.41, 5.74) is -2.34. The average molecular weight is 393 g/mol. The lowest BCUT2D eigenvalue weighted by molar-refractivity contribution is -0.172. The molecule has 0 amide bonds. The minimum atomic E-state index is -1.64. The minimum absolute atomic E-state index is 0.0513. The topological polar surface area (TPSA) is 94.8 Å². The van der Waals surface area contributed by atoms with Crippen LogP contribution in [0.3, 0.4) is 0 Å². The molecule has 5 nitrogen and oxygen atoms in total. The number of rotatable bonds is 2. The molecule has 1 unspecified atom stereocenters. The molecular weight excluding hydrogens is 368 g/mol. The number of halogens is 1. The number of carbonyl (C=O) groups is 2. The second-order valence-electron chi connectivity index (χ2n) is 8.97. The summed E-state index contributed by atoms with van der Waals surface area (Å²) < 4.78 is 0. The van der Waals surface area contributed by atoms with Crippen molar-refractivity contribution in [1.29, 1.82) is 0 Å². The van der Waals surface area contributed by atoms with E-state index in [9.17, 15) is 24.9 Å². The third-order valence-electron chi connectivity index (χ3n) is 7.86. The Balaban J connectivity index is 1.84. The van der Waals surface area contributed by atoms with Crippen LogP contribution in [0.4, 0.5) is 0 Å². The molecule has 4 aliphatic rings. The molecule has 2 saturated carbocycles. The Bertz CT molecular complexity index is 813. The van der Waals surface area contributed by atoms with Crippen molar-refractivity contribution < 1.29 is 24.9 Å². The van der Waals surface area contributed by atoms with Crippen molar-refractivity contribution in [3.63, 3.8) is 0 Å². The number of fused-ring (bicyclic) bond motifs is 5. The van der Waals surface area contributed by atoms with Gasteiger partial charge >= 0.3 is 0 Å². The van der Waals surface area contributed by atoms with Gasteiger partial charge in [0.15, 0.2) is 11.6 Å². The summed E-state index contributed by atoms with van der Waals surface area (Å²) in [4.78, 5) is 24.2. The van der Waals surface area contributed by atoms with Gasteiger partial charge < -0.3 is 15.3 Å². The molecule has 2 fully saturated rings. The highest BCUT2D eigenvalue weighted by Crippen LogP contribution is 2.66. The molecule has 0 spiro atoms. The molecular formula is C21H25ClO5. The number of ketones is 2. The summed E-state index contributed by atoms with van der Waals surface area (Å²) >= 11 is 6.57. The molecule has 3 N–H and O–H groups in total. The highest BCUT2D eigenvalue weighted by Gasteiger charge is 2.67. The number of aliphatic hydroxyl groups is 3. The van der Waals surface area contributed by atoms with Gasteiger partial charge in [-0.25, -0.2) is 0 Å². The van der Waals surface area contributed by atoms with Gasteiger partial charge in [-0.1, -0.05) is 37.6 Å². The van der Waals surface area contributed by atoms with Crippen molar-refractivity contribution in [1.82, 2.24) is 0 Å². The number of hydrogen-bond donors (Lipinski definition) is 3. The van der Waals surface area contributed by atoms with E-state index >= 15 is 0 Å². The predicted molar refractivity (Wildman–Crippen MR) is 99.8 cm³/mol. The van der Waals surface area contributed by atoms with Crippen molar-refractivity contribution in [2.75, 3.05) is 6.61 Å². The van der Waals surface area contributed by atoms with Crippen LogP contribution in [0.2, 0.25) is 0 Å². The zero-order valence-corrected chi connectivity index (χ0v) is 16.2. The van der Waals surface area contributed by atoms with E-state index < -0.39 is 34.9 Å². The van der Waals surface area contributed by atoms with Crippen LogP contribution in [-0.4, -0.2) is 45.2 Å². The van der Waals surface area contributed by atoms with Crippen LogP contribution >= 0.6 is 11.6 Å². The molecule has 6 heteroatoms. The Morgan fingerprint density at radius 1 is 1.37 bits per heavy atom. The Hall–Kier alpha value is -1.27. The van der Waals surface area contributed by atoms with Gasteiger partial charge in [-0.3, -0.25) is 9.59 Å². The normalized spacial score (nSPS) is 48.3. The fraction of sp³-hybridized carbons (Fsp3) is 0.619. The first-order valence-corrected chi connectivity index (χ1v) is 9.84. The standard InChI is InChI=1S/C21H25ClO5/c1-19-5-3-11(24)7-14(19)15(22)8-12-13-4-6-21(27,17(26)10-23)20(13,2)9-16(25)18(12)19/h3,5,7-8,12-13,16,18,23,25,27H,4,6,9-10H2,1-2H3/t12-,13+,16-,18-,19-,20-,21?/m0/s1. The van der Waals surface area contributed by atoms with Crippen LogP contribution in [0.25, 0.3) is 0 Å². The van der Waals surface area contributed by atoms with Gasteiger partial charge in [0.1, 0.15) is 12.2 Å². The van der Waals surface area contributed by atoms with Crippen LogP contribution in [-0.2, 0) is 9.59 Å². The summed E-state index contributed by atoms with van der Waals surface area (Å²) in [6.45, 7) is 3.11. The fourth-order valence-corrected chi connectivity index (χ4v) is 6.86. The molecule has 0 saturated heterocycles. The van der Waals surface area contributed by atoms with Gasteiger partial charge in [-0.2, -0.15) is 0 Å². The summed E-state index contributed by atoms with van der Waals surface area (Å²) in [7, 11) is 0. The maximum atomic E-state index is 12.4. The molecule has 0 heterocycles. The van der Waals surface area contributed by atoms with E-state index in [1.54, 1.807) is 0 Å². The van der Waals surface area contributed by atoms with Crippen LogP contribution in [0.15, 0.2) is 34.9 Å². The molecule has 0 aromatic rings. The summed E-state index contributed by atoms with van der Waals surface area (Å²) in [5, 5.41) is 32.2. The van der Waals surface area contributed by atoms with E-state index in [2.05, 4.69) is 0 Å². The molecule has 0 aromatic carbocycles. The molecule has 7 atom stereocenters. The van der Waals surface area contributed by atoms with Gasteiger partial charge in [-0.05, 0) is 48.8 Å². The zero-order valence-electron chi connectivity index (χ0n) is 15.5. The van der Waals surface area contributed by atoms with Crippen molar-refractivity contribution in [3.8, 4) is 0 Å². The molecule has 27 heavy (non-hydrogen) atoms. The first-order chi connectivity index (χ1) is 12.6. The molecule has 0 radical (unpaired) electrons. The number of hydrogen-bond acceptors (Lipinski definition) is 5. The largest absolute Gasteiger partial charge is 0.393 e. The van der Waals surface area contributed by atoms with Crippen molar-refractivity contribution in [3.05, 3.63) is 34.9 Å². The van der Waals surface area contributed by atoms with Gasteiger partial charge in [0, 0.05) is 21.8 Å². The van der Waals surface area contributed by atoms with Crippen LogP contribution < -0.4 is 0 Å². The third-order valence-corrected chi connectivity index (χ3v) is 8.19. The first-order valence-electron chi connectivity index (χ1n) is 9.46. The lowest BCUT2D eigenvalue weighted by Gasteiger charge is -2.58. The number of carbonyl (C=O) groups excluding carboxylic acids is 2. The van der Waals surface area contributed by atoms with E-state index in [0.717, 1.165) is 5.57 Å². The van der Waals surface area contributed by atoms with Crippen molar-refractivity contribution >= 4 is 23.2 Å². The highest BCUT2D eigenvalue weighted by molar-refractivity contribution is 6.32. The van der Waals surface area contributed by atoms with E-state index in [1.807, 2.05) is 26.0 Å². The average Bonchev–Trinajstić information content (AvgIpc) is 2.87. The highest BCUT2D eigenvalue weighted by atomic mass is 35.5. The minimum Gasteiger partial charge on any atom is -0.393 e. The van der Waals surface area contributed by atoms with Crippen LogP contribution in [0, 0.1) is 28.6 Å². The quantitative estimate of drug-likeness (QED) is 0.667. The molecule has 4 rings (SSSR count). The number of allylic oxidation sites excluding steroid dienone is 6. The van der Waals surface area contributed by atoms with E-state index in [-0.39, 0.29) is 36.4 Å². The Morgan fingerprint density at radius 3 is 2.74 bits per heavy atom. The summed E-state index contributed by atoms with van der Waals surface area (Å²) in [6.07, 6.45) is 7.16. The van der Waals surface area contributed by atoms with Gasteiger partial charge in [0.2, 0.25) is 0 Å². The Morgan fingerprint density at radius 2 is 2.07 bits per heavy atom. The monoisotopic (exact) mass is 392 g/mol. The Kier molecular flexibility index (Phi) is 4.14. The first kappa shape index (κ1) is 19.1. The van der Waals surface area contributed by atoms with E-state index in [4.69, 9.17) is 11.6 Å². The summed E-state index contributed by atoms with van der Waals surface area (Å²) in [5.74, 6) is -1.08. The lowest BCUT2D eigenvalue weighted by Crippen LogP contribution is -2.61. The smallest absolute Gasteiger partial charge is 0.190 e. The summed E-state index contributed by atoms with van der Waals surface area (Å²) in [6, 6.07) is 0. The second-order valence-corrected chi connectivity index (χ2v) is 9.38. The van der Waals surface area contributed by atoms with Gasteiger partial charge in [0.25, 0.3) is 0 Å². The lowest BCUT2D eigenvalue weighted by atomic mass is 9.48. The van der Waals surface area contributed by atoms with E-state index in [0.29, 0.717) is 11.5 Å². The van der Waals surface area contributed by atoms with Gasteiger partial charge in [0.05, 0.1) is 6.10 Å². The van der Waals surface area contributed by atoms with Crippen LogP contribution in [0.1, 0.15) is 33.1 Å². The predicted octanol–water partition coefficient (Wildman–Crippen LogP) is 1.90. The number of Topliss-reactive ketones (excluding diaryl/α,β-unsaturated/α-hetero) is 1. The molecule has 0 aliphatic heterocycles. The van der Waals surface area contributed by atoms with E-state index in [1.165, 1.54) is 12.2 Å². The third kappa shape index (κ3) is 2.29. The molecule has 4 aliphatic carbocycles. The SMILES string of the molecule is C[C@]12C=CC(=O)C=C1C(Cl)=C[C@@H]1[C@H]2[C@@H](O)C[C@@]2(C)[C@@H]1CCC2(O)C(=O)CO. The van der Waals surface area contributed by atoms with Crippen LogP contribution in [0.5, 0.6) is 0 Å². The maximum absolute atomic E-state index is 12.4. The second kappa shape index (κ2) is 5.86. The zero-order chi connectivity index (χ0) is 19.8. The fourth-order valence-electron chi connectivity index (χ4n) is 6.46. The van der Waals surface area contributed by atoms with Crippen molar-refractivity contribution in [2.24, 2.45) is 28.6 Å².